The number of carbonyl (C=O) groups excluding carboxylic acids is 1. The number of aromatic nitrogens is 2. The molecule has 0 unspecified atom stereocenters. The van der Waals surface area contributed by atoms with Crippen LogP contribution in [0.25, 0.3) is 33.2 Å². The molecule has 0 N–H and O–H groups in total. The number of hydrogen-bond acceptors (Lipinski definition) is 5. The van der Waals surface area contributed by atoms with Gasteiger partial charge in [-0.25, -0.2) is 0 Å². The van der Waals surface area contributed by atoms with E-state index in [4.69, 9.17) is 4.42 Å². The van der Waals surface area contributed by atoms with Gasteiger partial charge in [0.2, 0.25) is 0 Å². The molecule has 2 aliphatic rings. The number of likely N-dealkylation sites (N-methyl/N-ethyl adjacent to an activating group) is 1. The maximum Gasteiger partial charge on any atom is 0.406 e. The molecule has 0 spiro atoms. The largest absolute Gasteiger partial charge is 0.464 e. The van der Waals surface area contributed by atoms with Crippen LogP contribution in [0.4, 0.5) is 22.0 Å². The van der Waals surface area contributed by atoms with Crippen LogP contribution >= 0.6 is 0 Å². The van der Waals surface area contributed by atoms with Gasteiger partial charge in [-0.05, 0) is 54.4 Å². The standard InChI is InChI=1S/C27H23F5N4O3/c1-34-11-19(12-34)36-10-18(9-33-36)15-2-3-20-21(13-38-22(20)7-15)17-6-16-4-5-35(14-27(30,31)32)25(37)24(16)23(8-17)39-26(28)29/h2-3,6-10,13,19,26H,4-5,11-12,14H2,1H3. The second-order valence-corrected chi connectivity index (χ2v) is 9.92. The summed E-state index contributed by atoms with van der Waals surface area (Å²) < 4.78 is 77.7. The molecule has 4 heterocycles. The summed E-state index contributed by atoms with van der Waals surface area (Å²) in [4.78, 5) is 15.6. The van der Waals surface area contributed by atoms with Gasteiger partial charge < -0.3 is 19.0 Å². The predicted molar refractivity (Wildman–Crippen MR) is 132 cm³/mol. The highest BCUT2D eigenvalue weighted by Gasteiger charge is 2.37. The van der Waals surface area contributed by atoms with Crippen molar-refractivity contribution in [2.45, 2.75) is 25.3 Å². The summed E-state index contributed by atoms with van der Waals surface area (Å²) in [7, 11) is 2.05. The van der Waals surface area contributed by atoms with E-state index in [-0.39, 0.29) is 18.5 Å². The van der Waals surface area contributed by atoms with E-state index in [0.29, 0.717) is 38.6 Å². The fourth-order valence-corrected chi connectivity index (χ4v) is 5.29. The van der Waals surface area contributed by atoms with E-state index < -0.39 is 31.0 Å². The fraction of sp³-hybridized carbons (Fsp3) is 0.333. The van der Waals surface area contributed by atoms with E-state index in [1.807, 2.05) is 29.1 Å². The molecule has 39 heavy (non-hydrogen) atoms. The minimum Gasteiger partial charge on any atom is -0.464 e. The lowest BCUT2D eigenvalue weighted by Crippen LogP contribution is -2.45. The number of nitrogens with zero attached hydrogens (tertiary/aromatic N) is 4. The van der Waals surface area contributed by atoms with E-state index >= 15 is 0 Å². The molecule has 0 aliphatic carbocycles. The molecule has 6 rings (SSSR count). The molecule has 2 aromatic carbocycles. The fourth-order valence-electron chi connectivity index (χ4n) is 5.29. The van der Waals surface area contributed by atoms with E-state index in [1.165, 1.54) is 12.3 Å². The first kappa shape index (κ1) is 25.4. The van der Waals surface area contributed by atoms with Gasteiger partial charge in [-0.2, -0.15) is 27.1 Å². The summed E-state index contributed by atoms with van der Waals surface area (Å²) in [5, 5.41) is 5.18. The number of fused-ring (bicyclic) bond motifs is 2. The first-order valence-corrected chi connectivity index (χ1v) is 12.3. The lowest BCUT2D eigenvalue weighted by atomic mass is 9.92. The van der Waals surface area contributed by atoms with Crippen molar-refractivity contribution >= 4 is 16.9 Å². The van der Waals surface area contributed by atoms with Crippen molar-refractivity contribution < 1.29 is 35.9 Å². The zero-order valence-corrected chi connectivity index (χ0v) is 20.7. The monoisotopic (exact) mass is 546 g/mol. The molecule has 1 amide bonds. The van der Waals surface area contributed by atoms with E-state index in [9.17, 15) is 26.7 Å². The SMILES string of the molecule is CN1CC(n2cc(-c3ccc4c(-c5cc6c(c(OC(F)F)c5)C(=O)N(CC(F)(F)F)CC6)coc4c3)cn2)C1. The zero-order valence-electron chi connectivity index (χ0n) is 20.7. The summed E-state index contributed by atoms with van der Waals surface area (Å²) in [5.41, 5.74) is 3.47. The molecule has 4 aromatic rings. The number of rotatable bonds is 6. The third kappa shape index (κ3) is 4.84. The quantitative estimate of drug-likeness (QED) is 0.294. The Hall–Kier alpha value is -3.93. The summed E-state index contributed by atoms with van der Waals surface area (Å²) in [5.74, 6) is -1.46. The average molecular weight is 546 g/mol. The maximum absolute atomic E-state index is 13.3. The Kier molecular flexibility index (Phi) is 6.09. The molecule has 0 saturated carbocycles. The zero-order chi connectivity index (χ0) is 27.5. The second kappa shape index (κ2) is 9.37. The molecule has 0 atom stereocenters. The highest BCUT2D eigenvalue weighted by molar-refractivity contribution is 6.02. The first-order valence-electron chi connectivity index (χ1n) is 12.3. The molecule has 1 fully saturated rings. The van der Waals surface area contributed by atoms with Crippen molar-refractivity contribution in [3.63, 3.8) is 0 Å². The Balaban J connectivity index is 1.34. The topological polar surface area (TPSA) is 63.7 Å². The molecule has 0 radical (unpaired) electrons. The molecule has 7 nitrogen and oxygen atoms in total. The third-order valence-corrected chi connectivity index (χ3v) is 7.16. The van der Waals surface area contributed by atoms with Crippen LogP contribution in [-0.2, 0) is 6.42 Å². The van der Waals surface area contributed by atoms with Gasteiger partial charge in [0.15, 0.2) is 0 Å². The predicted octanol–water partition coefficient (Wildman–Crippen LogP) is 5.61. The lowest BCUT2D eigenvalue weighted by molar-refractivity contribution is -0.141. The van der Waals surface area contributed by atoms with Crippen molar-refractivity contribution in [3.05, 3.63) is 60.1 Å². The third-order valence-electron chi connectivity index (χ3n) is 7.16. The molecule has 0 bridgehead atoms. The number of halogens is 5. The number of carbonyl (C=O) groups is 1. The van der Waals surface area contributed by atoms with Crippen molar-refractivity contribution in [3.8, 4) is 28.0 Å². The Labute approximate surface area is 219 Å². The van der Waals surface area contributed by atoms with Crippen LogP contribution in [0, 0.1) is 0 Å². The normalized spacial score (nSPS) is 16.7. The van der Waals surface area contributed by atoms with Crippen molar-refractivity contribution in [1.82, 2.24) is 19.6 Å². The molecular formula is C27H23F5N4O3. The van der Waals surface area contributed by atoms with Crippen LogP contribution in [0.2, 0.25) is 0 Å². The van der Waals surface area contributed by atoms with E-state index in [2.05, 4.69) is 21.8 Å². The van der Waals surface area contributed by atoms with Gasteiger partial charge in [-0.3, -0.25) is 9.48 Å². The number of furan rings is 1. The van der Waals surface area contributed by atoms with Gasteiger partial charge >= 0.3 is 12.8 Å². The average Bonchev–Trinajstić information content (AvgIpc) is 3.49. The van der Waals surface area contributed by atoms with Gasteiger partial charge in [-0.1, -0.05) is 6.07 Å². The van der Waals surface area contributed by atoms with Gasteiger partial charge in [0.1, 0.15) is 17.9 Å². The summed E-state index contributed by atoms with van der Waals surface area (Å²) >= 11 is 0. The van der Waals surface area contributed by atoms with Gasteiger partial charge in [0, 0.05) is 42.3 Å². The number of ether oxygens (including phenoxy) is 1. The molecule has 204 valence electrons. The molecule has 12 heteroatoms. The number of likely N-dealkylation sites (tertiary alicyclic amines) is 1. The van der Waals surface area contributed by atoms with Crippen LogP contribution in [0.3, 0.4) is 0 Å². The minimum absolute atomic E-state index is 0.0608. The van der Waals surface area contributed by atoms with E-state index in [0.717, 1.165) is 24.2 Å². The Bertz CT molecular complexity index is 1550. The van der Waals surface area contributed by atoms with Gasteiger partial charge in [0.05, 0.1) is 24.1 Å². The molecule has 1 saturated heterocycles. The van der Waals surface area contributed by atoms with E-state index in [1.54, 1.807) is 12.3 Å². The highest BCUT2D eigenvalue weighted by atomic mass is 19.4. The number of amides is 1. The molecule has 2 aromatic heterocycles. The summed E-state index contributed by atoms with van der Waals surface area (Å²) in [6.45, 7) is -3.05. The summed E-state index contributed by atoms with van der Waals surface area (Å²) in [6.07, 6.45) is 0.707. The van der Waals surface area contributed by atoms with Gasteiger partial charge in [-0.15, -0.1) is 0 Å². The minimum atomic E-state index is -4.61. The highest BCUT2D eigenvalue weighted by Crippen LogP contribution is 2.39. The summed E-state index contributed by atoms with van der Waals surface area (Å²) in [6, 6.07) is 8.82. The Morgan fingerprint density at radius 1 is 1.13 bits per heavy atom. The Morgan fingerprint density at radius 3 is 2.64 bits per heavy atom. The van der Waals surface area contributed by atoms with Crippen LogP contribution in [0.15, 0.2) is 53.4 Å². The first-order chi connectivity index (χ1) is 18.6. The number of hydrogen-bond donors (Lipinski definition) is 0. The Morgan fingerprint density at radius 2 is 1.92 bits per heavy atom. The van der Waals surface area contributed by atoms with Crippen molar-refractivity contribution in [2.24, 2.45) is 0 Å². The van der Waals surface area contributed by atoms with Crippen molar-refractivity contribution in [2.75, 3.05) is 33.2 Å². The van der Waals surface area contributed by atoms with Crippen LogP contribution in [-0.4, -0.2) is 71.5 Å². The second-order valence-electron chi connectivity index (χ2n) is 9.92. The van der Waals surface area contributed by atoms with Crippen molar-refractivity contribution in [1.29, 1.82) is 0 Å². The molecule has 2 aliphatic heterocycles. The van der Waals surface area contributed by atoms with Gasteiger partial charge in [0.25, 0.3) is 5.91 Å². The molecular weight excluding hydrogens is 523 g/mol. The number of alkyl halides is 5. The van der Waals surface area contributed by atoms with Crippen LogP contribution < -0.4 is 4.74 Å². The maximum atomic E-state index is 13.3. The van der Waals surface area contributed by atoms with Crippen LogP contribution in [0.1, 0.15) is 22.0 Å². The van der Waals surface area contributed by atoms with Crippen LogP contribution in [0.5, 0.6) is 5.75 Å². The lowest BCUT2D eigenvalue weighted by Gasteiger charge is -2.36. The number of benzene rings is 2. The smallest absolute Gasteiger partial charge is 0.406 e.